The van der Waals surface area contributed by atoms with Crippen LogP contribution in [0.2, 0.25) is 0 Å². The molecule has 0 aliphatic rings. The van der Waals surface area contributed by atoms with Crippen molar-refractivity contribution in [3.63, 3.8) is 0 Å². The Bertz CT molecular complexity index is 1300. The van der Waals surface area contributed by atoms with Gasteiger partial charge in [0.25, 0.3) is 0 Å². The number of carboxylic acids is 1. The van der Waals surface area contributed by atoms with Crippen molar-refractivity contribution in [1.82, 2.24) is 9.55 Å². The van der Waals surface area contributed by atoms with Gasteiger partial charge in [0.1, 0.15) is 18.1 Å². The molecular weight excluding hydrogens is 412 g/mol. The fraction of sp³-hybridized carbons (Fsp3) is 0.214. The summed E-state index contributed by atoms with van der Waals surface area (Å²) in [5.74, 6) is -0.117. The predicted molar refractivity (Wildman–Crippen MR) is 132 cm³/mol. The molecule has 0 spiro atoms. The molecular formula is C28H28N2O3. The summed E-state index contributed by atoms with van der Waals surface area (Å²) in [5.41, 5.74) is 6.48. The van der Waals surface area contributed by atoms with Gasteiger partial charge in [-0.2, -0.15) is 0 Å². The molecule has 0 atom stereocenters. The molecule has 2 aromatic heterocycles. The molecule has 0 saturated carbocycles. The summed E-state index contributed by atoms with van der Waals surface area (Å²) in [6, 6.07) is 17.7. The molecule has 5 heteroatoms. The van der Waals surface area contributed by atoms with Gasteiger partial charge in [0.15, 0.2) is 0 Å². The topological polar surface area (TPSA) is 64.3 Å². The molecule has 5 nitrogen and oxygen atoms in total. The van der Waals surface area contributed by atoms with Crippen LogP contribution in [0.4, 0.5) is 0 Å². The summed E-state index contributed by atoms with van der Waals surface area (Å²) in [7, 11) is 0. The number of aromatic nitrogens is 2. The highest BCUT2D eigenvalue weighted by atomic mass is 16.5. The van der Waals surface area contributed by atoms with Crippen molar-refractivity contribution in [2.24, 2.45) is 0 Å². The molecule has 0 aliphatic carbocycles. The second kappa shape index (κ2) is 9.74. The Kier molecular flexibility index (Phi) is 6.59. The van der Waals surface area contributed by atoms with Gasteiger partial charge in [-0.25, -0.2) is 9.78 Å². The third-order valence-corrected chi connectivity index (χ3v) is 5.60. The lowest BCUT2D eigenvalue weighted by atomic mass is 10.0. The average molecular weight is 441 g/mol. The quantitative estimate of drug-likeness (QED) is 0.301. The Morgan fingerprint density at radius 1 is 1.12 bits per heavy atom. The van der Waals surface area contributed by atoms with E-state index in [1.54, 1.807) is 12.3 Å². The lowest BCUT2D eigenvalue weighted by Gasteiger charge is -2.14. The number of fused-ring (bicyclic) bond motifs is 1. The third kappa shape index (κ3) is 4.98. The molecule has 2 aromatic carbocycles. The molecule has 0 saturated heterocycles. The molecule has 0 amide bonds. The Labute approximate surface area is 194 Å². The Morgan fingerprint density at radius 3 is 2.67 bits per heavy atom. The van der Waals surface area contributed by atoms with E-state index in [9.17, 15) is 4.79 Å². The van der Waals surface area contributed by atoms with Crippen LogP contribution >= 0.6 is 0 Å². The zero-order valence-corrected chi connectivity index (χ0v) is 19.0. The van der Waals surface area contributed by atoms with Crippen molar-refractivity contribution in [2.75, 3.05) is 0 Å². The molecule has 0 radical (unpaired) electrons. The SMILES string of the molecule is C=C(C)Cn1ccc2c(CCC)c(OCc3cccc(-c4ccc(C(=O)O)nc4)c3)ccc21. The second-order valence-corrected chi connectivity index (χ2v) is 8.35. The number of hydrogen-bond donors (Lipinski definition) is 1. The van der Waals surface area contributed by atoms with Gasteiger partial charge in [-0.3, -0.25) is 0 Å². The summed E-state index contributed by atoms with van der Waals surface area (Å²) in [5, 5.41) is 10.3. The number of nitrogens with zero attached hydrogens (tertiary/aromatic N) is 2. The number of aryl methyl sites for hydroxylation is 1. The van der Waals surface area contributed by atoms with Crippen LogP contribution < -0.4 is 4.74 Å². The van der Waals surface area contributed by atoms with Crippen LogP contribution in [-0.4, -0.2) is 20.6 Å². The molecule has 0 bridgehead atoms. The number of rotatable bonds is 9. The van der Waals surface area contributed by atoms with E-state index in [1.807, 2.05) is 25.1 Å². The summed E-state index contributed by atoms with van der Waals surface area (Å²) >= 11 is 0. The van der Waals surface area contributed by atoms with Crippen molar-refractivity contribution >= 4 is 16.9 Å². The second-order valence-electron chi connectivity index (χ2n) is 8.35. The Balaban J connectivity index is 1.57. The highest BCUT2D eigenvalue weighted by Gasteiger charge is 2.12. The number of allylic oxidation sites excluding steroid dienone is 1. The Hall–Kier alpha value is -3.86. The minimum Gasteiger partial charge on any atom is -0.489 e. The van der Waals surface area contributed by atoms with Crippen LogP contribution in [0.25, 0.3) is 22.0 Å². The first-order valence-electron chi connectivity index (χ1n) is 11.1. The molecule has 0 fully saturated rings. The Morgan fingerprint density at radius 2 is 1.97 bits per heavy atom. The lowest BCUT2D eigenvalue weighted by Crippen LogP contribution is -2.01. The van der Waals surface area contributed by atoms with E-state index in [0.717, 1.165) is 47.4 Å². The molecule has 0 aliphatic heterocycles. The third-order valence-electron chi connectivity index (χ3n) is 5.60. The molecule has 0 unspecified atom stereocenters. The summed E-state index contributed by atoms with van der Waals surface area (Å²) < 4.78 is 8.53. The highest BCUT2D eigenvalue weighted by molar-refractivity contribution is 5.86. The maximum atomic E-state index is 11.0. The predicted octanol–water partition coefficient (Wildman–Crippen LogP) is 6.51. The zero-order chi connectivity index (χ0) is 23.4. The molecule has 2 heterocycles. The van der Waals surface area contributed by atoms with E-state index >= 15 is 0 Å². The highest BCUT2D eigenvalue weighted by Crippen LogP contribution is 2.31. The van der Waals surface area contributed by atoms with Crippen molar-refractivity contribution < 1.29 is 14.6 Å². The van der Waals surface area contributed by atoms with Gasteiger partial charge in [-0.1, -0.05) is 49.8 Å². The van der Waals surface area contributed by atoms with E-state index in [-0.39, 0.29) is 5.69 Å². The number of carbonyl (C=O) groups is 1. The van der Waals surface area contributed by atoms with Gasteiger partial charge in [0, 0.05) is 41.0 Å². The van der Waals surface area contributed by atoms with Crippen molar-refractivity contribution in [2.45, 2.75) is 39.8 Å². The van der Waals surface area contributed by atoms with Crippen LogP contribution in [0.15, 0.2) is 79.1 Å². The molecule has 168 valence electrons. The van der Waals surface area contributed by atoms with Crippen LogP contribution in [-0.2, 0) is 19.6 Å². The number of ether oxygens (including phenoxy) is 1. The van der Waals surface area contributed by atoms with Gasteiger partial charge in [-0.05, 0) is 54.8 Å². The van der Waals surface area contributed by atoms with E-state index in [4.69, 9.17) is 9.84 Å². The first kappa shape index (κ1) is 22.3. The normalized spacial score (nSPS) is 11.0. The van der Waals surface area contributed by atoms with Gasteiger partial charge >= 0.3 is 5.97 Å². The van der Waals surface area contributed by atoms with Crippen LogP contribution in [0.5, 0.6) is 5.75 Å². The largest absolute Gasteiger partial charge is 0.489 e. The first-order chi connectivity index (χ1) is 16.0. The summed E-state index contributed by atoms with van der Waals surface area (Å²) in [6.45, 7) is 9.52. The van der Waals surface area contributed by atoms with Crippen LogP contribution in [0.3, 0.4) is 0 Å². The van der Waals surface area contributed by atoms with Crippen molar-refractivity contribution in [3.8, 4) is 16.9 Å². The number of aromatic carboxylic acids is 1. The monoisotopic (exact) mass is 440 g/mol. The molecule has 4 aromatic rings. The van der Waals surface area contributed by atoms with Gasteiger partial charge in [0.05, 0.1) is 0 Å². The van der Waals surface area contributed by atoms with Gasteiger partial charge in [0.2, 0.25) is 0 Å². The van der Waals surface area contributed by atoms with E-state index in [0.29, 0.717) is 6.61 Å². The summed E-state index contributed by atoms with van der Waals surface area (Å²) in [6.07, 6.45) is 5.70. The van der Waals surface area contributed by atoms with E-state index < -0.39 is 5.97 Å². The molecule has 1 N–H and O–H groups in total. The maximum absolute atomic E-state index is 11.0. The molecule has 33 heavy (non-hydrogen) atoms. The van der Waals surface area contributed by atoms with Crippen molar-refractivity contribution in [3.05, 3.63) is 96.0 Å². The molecule has 4 rings (SSSR count). The van der Waals surface area contributed by atoms with Crippen LogP contribution in [0.1, 0.15) is 41.9 Å². The average Bonchev–Trinajstić information content (AvgIpc) is 3.21. The fourth-order valence-electron chi connectivity index (χ4n) is 4.08. The van der Waals surface area contributed by atoms with E-state index in [1.165, 1.54) is 22.5 Å². The standard InChI is InChI=1S/C28H28N2O3/c1-4-6-24-23-13-14-30(17-19(2)3)26(23)11-12-27(24)33-18-20-7-5-8-21(15-20)22-9-10-25(28(31)32)29-16-22/h5,7-16H,2,4,6,17-18H2,1,3H3,(H,31,32). The first-order valence-corrected chi connectivity index (χ1v) is 11.1. The van der Waals surface area contributed by atoms with Gasteiger partial charge in [-0.15, -0.1) is 0 Å². The minimum atomic E-state index is -1.03. The van der Waals surface area contributed by atoms with Gasteiger partial charge < -0.3 is 14.4 Å². The number of pyridine rings is 1. The minimum absolute atomic E-state index is 0.0363. The summed E-state index contributed by atoms with van der Waals surface area (Å²) in [4.78, 5) is 15.1. The lowest BCUT2D eigenvalue weighted by molar-refractivity contribution is 0.0690. The number of benzene rings is 2. The zero-order valence-electron chi connectivity index (χ0n) is 19.0. The van der Waals surface area contributed by atoms with E-state index in [2.05, 4.69) is 53.5 Å². The maximum Gasteiger partial charge on any atom is 0.354 e. The smallest absolute Gasteiger partial charge is 0.354 e. The number of hydrogen-bond acceptors (Lipinski definition) is 3. The van der Waals surface area contributed by atoms with Crippen molar-refractivity contribution in [1.29, 1.82) is 0 Å². The number of carboxylic acid groups (broad SMARTS) is 1. The fourth-order valence-corrected chi connectivity index (χ4v) is 4.08. The van der Waals surface area contributed by atoms with Crippen LogP contribution in [0, 0.1) is 0 Å².